The number of nitrogens with zero attached hydrogens (tertiary/aromatic N) is 1. The summed E-state index contributed by atoms with van der Waals surface area (Å²) in [6.07, 6.45) is 1.96. The molecule has 0 aromatic carbocycles. The number of rotatable bonds is 1. The summed E-state index contributed by atoms with van der Waals surface area (Å²) in [4.78, 5) is 2.24. The highest BCUT2D eigenvalue weighted by molar-refractivity contribution is 5.04. The van der Waals surface area contributed by atoms with Crippen molar-refractivity contribution >= 4 is 0 Å². The highest BCUT2D eigenvalue weighted by Gasteiger charge is 2.35. The van der Waals surface area contributed by atoms with Crippen LogP contribution in [0.4, 0.5) is 0 Å². The summed E-state index contributed by atoms with van der Waals surface area (Å²) < 4.78 is 0. The summed E-state index contributed by atoms with van der Waals surface area (Å²) in [5, 5.41) is 0. The Morgan fingerprint density at radius 3 is 2.60 bits per heavy atom. The zero-order chi connectivity index (χ0) is 7.78. The lowest BCUT2D eigenvalue weighted by Crippen LogP contribution is -2.43. The van der Waals surface area contributed by atoms with Crippen molar-refractivity contribution in [3.8, 4) is 0 Å². The van der Waals surface area contributed by atoms with E-state index >= 15 is 0 Å². The van der Waals surface area contributed by atoms with Crippen molar-refractivity contribution in [1.82, 2.24) is 4.90 Å². The van der Waals surface area contributed by atoms with Crippen molar-refractivity contribution in [2.24, 2.45) is 11.7 Å². The van der Waals surface area contributed by atoms with Gasteiger partial charge in [-0.05, 0) is 14.0 Å². The molecule has 0 bridgehead atoms. The summed E-state index contributed by atoms with van der Waals surface area (Å²) in [7, 11) is 2.09. The zero-order valence-electron chi connectivity index (χ0n) is 6.80. The van der Waals surface area contributed by atoms with Crippen molar-refractivity contribution in [1.29, 1.82) is 0 Å². The summed E-state index contributed by atoms with van der Waals surface area (Å²) in [5.74, 6) is 0.456. The fourth-order valence-electron chi connectivity index (χ4n) is 1.65. The van der Waals surface area contributed by atoms with Crippen LogP contribution in [0.3, 0.4) is 0 Å². The van der Waals surface area contributed by atoms with Crippen molar-refractivity contribution in [2.45, 2.75) is 12.5 Å². The van der Waals surface area contributed by atoms with E-state index in [0.717, 1.165) is 13.1 Å². The zero-order valence-corrected chi connectivity index (χ0v) is 6.80. The van der Waals surface area contributed by atoms with Gasteiger partial charge in [-0.2, -0.15) is 0 Å². The van der Waals surface area contributed by atoms with Crippen LogP contribution in [0.25, 0.3) is 0 Å². The molecule has 2 N–H and O–H groups in total. The summed E-state index contributed by atoms with van der Waals surface area (Å²) in [5.41, 5.74) is 5.95. The van der Waals surface area contributed by atoms with Gasteiger partial charge in [0.25, 0.3) is 0 Å². The first-order valence-corrected chi connectivity index (χ1v) is 3.66. The molecular formula is C8H16N2. The minimum atomic E-state index is -0.0590. The number of likely N-dealkylation sites (N-methyl/N-ethyl adjacent to an activating group) is 1. The minimum absolute atomic E-state index is 0.0590. The Hall–Kier alpha value is -0.340. The van der Waals surface area contributed by atoms with Crippen LogP contribution in [0.5, 0.6) is 0 Å². The average Bonchev–Trinajstić information content (AvgIpc) is 2.04. The largest absolute Gasteiger partial charge is 0.324 e. The second-order valence-corrected chi connectivity index (χ2v) is 3.54. The topological polar surface area (TPSA) is 29.3 Å². The molecule has 1 aliphatic heterocycles. The normalized spacial score (nSPS) is 42.1. The molecule has 1 rings (SSSR count). The fraction of sp³-hybridized carbons (Fsp3) is 0.750. The van der Waals surface area contributed by atoms with Crippen LogP contribution in [0.15, 0.2) is 12.7 Å². The van der Waals surface area contributed by atoms with E-state index in [2.05, 4.69) is 25.5 Å². The van der Waals surface area contributed by atoms with E-state index in [1.54, 1.807) is 0 Å². The van der Waals surface area contributed by atoms with Crippen LogP contribution >= 0.6 is 0 Å². The Balaban J connectivity index is 2.67. The molecule has 1 saturated heterocycles. The maximum Gasteiger partial charge on any atom is 0.0330 e. The molecule has 0 aromatic rings. The SMILES string of the molecule is C=CC1CN(C)CC1(C)N. The van der Waals surface area contributed by atoms with Gasteiger partial charge < -0.3 is 10.6 Å². The van der Waals surface area contributed by atoms with Crippen LogP contribution in [-0.4, -0.2) is 30.6 Å². The van der Waals surface area contributed by atoms with Crippen LogP contribution in [0.2, 0.25) is 0 Å². The molecule has 0 aliphatic carbocycles. The van der Waals surface area contributed by atoms with Crippen molar-refractivity contribution in [3.05, 3.63) is 12.7 Å². The highest BCUT2D eigenvalue weighted by atomic mass is 15.2. The van der Waals surface area contributed by atoms with E-state index in [4.69, 9.17) is 5.73 Å². The summed E-state index contributed by atoms with van der Waals surface area (Å²) in [6, 6.07) is 0. The molecule has 0 radical (unpaired) electrons. The lowest BCUT2D eigenvalue weighted by molar-refractivity contribution is 0.380. The van der Waals surface area contributed by atoms with Gasteiger partial charge in [-0.1, -0.05) is 6.08 Å². The molecule has 0 aromatic heterocycles. The molecule has 2 heteroatoms. The minimum Gasteiger partial charge on any atom is -0.324 e. The van der Waals surface area contributed by atoms with Gasteiger partial charge in [0.15, 0.2) is 0 Å². The van der Waals surface area contributed by atoms with E-state index in [1.165, 1.54) is 0 Å². The maximum atomic E-state index is 6.01. The van der Waals surface area contributed by atoms with Crippen LogP contribution in [-0.2, 0) is 0 Å². The molecule has 10 heavy (non-hydrogen) atoms. The Labute approximate surface area is 62.7 Å². The van der Waals surface area contributed by atoms with Gasteiger partial charge >= 0.3 is 0 Å². The molecule has 58 valence electrons. The third kappa shape index (κ3) is 1.22. The molecule has 1 fully saturated rings. The first-order valence-electron chi connectivity index (χ1n) is 3.66. The average molecular weight is 140 g/mol. The van der Waals surface area contributed by atoms with Crippen molar-refractivity contribution < 1.29 is 0 Å². The standard InChI is InChI=1S/C8H16N2/c1-4-7-5-10(3)6-8(7,2)9/h4,7H,1,5-6,9H2,2-3H3. The third-order valence-corrected chi connectivity index (χ3v) is 2.25. The smallest absolute Gasteiger partial charge is 0.0330 e. The predicted octanol–water partition coefficient (Wildman–Crippen LogP) is 0.451. The van der Waals surface area contributed by atoms with E-state index in [1.807, 2.05) is 6.08 Å². The summed E-state index contributed by atoms with van der Waals surface area (Å²) >= 11 is 0. The molecule has 0 saturated carbocycles. The highest BCUT2D eigenvalue weighted by Crippen LogP contribution is 2.24. The molecule has 0 spiro atoms. The lowest BCUT2D eigenvalue weighted by atomic mass is 9.91. The van der Waals surface area contributed by atoms with Gasteiger partial charge in [-0.15, -0.1) is 6.58 Å². The Kier molecular flexibility index (Phi) is 1.84. The summed E-state index contributed by atoms with van der Waals surface area (Å²) in [6.45, 7) is 7.88. The molecule has 0 amide bonds. The number of nitrogens with two attached hydrogens (primary N) is 1. The second kappa shape index (κ2) is 2.36. The van der Waals surface area contributed by atoms with Gasteiger partial charge in [0.05, 0.1) is 0 Å². The third-order valence-electron chi connectivity index (χ3n) is 2.25. The van der Waals surface area contributed by atoms with Gasteiger partial charge in [0, 0.05) is 24.5 Å². The number of hydrogen-bond donors (Lipinski definition) is 1. The second-order valence-electron chi connectivity index (χ2n) is 3.54. The van der Waals surface area contributed by atoms with E-state index < -0.39 is 0 Å². The van der Waals surface area contributed by atoms with Crippen LogP contribution < -0.4 is 5.73 Å². The molecule has 1 aliphatic rings. The van der Waals surface area contributed by atoms with E-state index in [0.29, 0.717) is 5.92 Å². The quantitative estimate of drug-likeness (QED) is 0.536. The first-order chi connectivity index (χ1) is 4.56. The van der Waals surface area contributed by atoms with Gasteiger partial charge in [0.1, 0.15) is 0 Å². The first kappa shape index (κ1) is 7.76. The Bertz CT molecular complexity index is 140. The molecule has 2 nitrogen and oxygen atoms in total. The molecular weight excluding hydrogens is 124 g/mol. The van der Waals surface area contributed by atoms with Crippen molar-refractivity contribution in [2.75, 3.05) is 20.1 Å². The van der Waals surface area contributed by atoms with Gasteiger partial charge in [-0.3, -0.25) is 0 Å². The van der Waals surface area contributed by atoms with Gasteiger partial charge in [0.2, 0.25) is 0 Å². The van der Waals surface area contributed by atoms with E-state index in [-0.39, 0.29) is 5.54 Å². The Morgan fingerprint density at radius 2 is 2.40 bits per heavy atom. The molecule has 2 unspecified atom stereocenters. The van der Waals surface area contributed by atoms with Crippen LogP contribution in [0, 0.1) is 5.92 Å². The monoisotopic (exact) mass is 140 g/mol. The number of likely N-dealkylation sites (tertiary alicyclic amines) is 1. The van der Waals surface area contributed by atoms with Crippen LogP contribution in [0.1, 0.15) is 6.92 Å². The maximum absolute atomic E-state index is 6.01. The van der Waals surface area contributed by atoms with E-state index in [9.17, 15) is 0 Å². The van der Waals surface area contributed by atoms with Crippen molar-refractivity contribution in [3.63, 3.8) is 0 Å². The number of hydrogen-bond acceptors (Lipinski definition) is 2. The lowest BCUT2D eigenvalue weighted by Gasteiger charge is -2.22. The fourth-order valence-corrected chi connectivity index (χ4v) is 1.65. The van der Waals surface area contributed by atoms with Gasteiger partial charge in [-0.25, -0.2) is 0 Å². The molecule has 2 atom stereocenters. The predicted molar refractivity (Wildman–Crippen MR) is 43.8 cm³/mol. The molecule has 1 heterocycles. The Morgan fingerprint density at radius 1 is 1.80 bits per heavy atom.